The second kappa shape index (κ2) is 7.99. The summed E-state index contributed by atoms with van der Waals surface area (Å²) in [6.45, 7) is 7.34. The highest BCUT2D eigenvalue weighted by Crippen LogP contribution is 2.32. The van der Waals surface area contributed by atoms with Crippen LogP contribution < -0.4 is 5.32 Å². The van der Waals surface area contributed by atoms with E-state index in [0.717, 1.165) is 32.2 Å². The molecule has 0 aromatic carbocycles. The van der Waals surface area contributed by atoms with E-state index in [1.54, 1.807) is 0 Å². The monoisotopic (exact) mass is 284 g/mol. The Kier molecular flexibility index (Phi) is 6.96. The van der Waals surface area contributed by atoms with Gasteiger partial charge in [-0.25, -0.2) is 0 Å². The Morgan fingerprint density at radius 2 is 2.15 bits per heavy atom. The molecule has 0 aromatic heterocycles. The zero-order chi connectivity index (χ0) is 15.2. The average molecular weight is 284 g/mol. The number of carboxylic acids is 1. The summed E-state index contributed by atoms with van der Waals surface area (Å²) in [5.74, 6) is -0.683. The van der Waals surface area contributed by atoms with Gasteiger partial charge in [0.15, 0.2) is 0 Å². The second-order valence-electron chi connectivity index (χ2n) is 6.62. The maximum Gasteiger partial charge on any atom is 0.323 e. The van der Waals surface area contributed by atoms with Gasteiger partial charge in [-0.1, -0.05) is 19.8 Å². The molecule has 0 aliphatic heterocycles. The van der Waals surface area contributed by atoms with Crippen LogP contribution in [0.2, 0.25) is 0 Å². The molecular weight excluding hydrogens is 252 g/mol. The third kappa shape index (κ3) is 4.74. The van der Waals surface area contributed by atoms with Gasteiger partial charge in [0.1, 0.15) is 5.54 Å². The highest BCUT2D eigenvalue weighted by molar-refractivity contribution is 5.79. The molecule has 0 aromatic rings. The summed E-state index contributed by atoms with van der Waals surface area (Å²) in [6.07, 6.45) is 7.29. The van der Waals surface area contributed by atoms with Gasteiger partial charge in [0.25, 0.3) is 0 Å². The van der Waals surface area contributed by atoms with Crippen molar-refractivity contribution in [2.24, 2.45) is 0 Å². The van der Waals surface area contributed by atoms with Crippen molar-refractivity contribution in [1.82, 2.24) is 10.2 Å². The molecule has 1 rings (SSSR count). The zero-order valence-electron chi connectivity index (χ0n) is 13.6. The van der Waals surface area contributed by atoms with Gasteiger partial charge in [0.2, 0.25) is 0 Å². The van der Waals surface area contributed by atoms with Crippen molar-refractivity contribution >= 4 is 5.97 Å². The van der Waals surface area contributed by atoms with Crippen molar-refractivity contribution in [3.05, 3.63) is 0 Å². The number of nitrogens with one attached hydrogen (secondary N) is 1. The number of rotatable bonds is 8. The number of hydrogen-bond donors (Lipinski definition) is 2. The van der Waals surface area contributed by atoms with Crippen molar-refractivity contribution < 1.29 is 9.90 Å². The van der Waals surface area contributed by atoms with Crippen molar-refractivity contribution in [2.45, 2.75) is 83.3 Å². The highest BCUT2D eigenvalue weighted by atomic mass is 16.4. The fraction of sp³-hybridized carbons (Fsp3) is 0.938. The van der Waals surface area contributed by atoms with E-state index in [9.17, 15) is 9.90 Å². The zero-order valence-corrected chi connectivity index (χ0v) is 13.6. The van der Waals surface area contributed by atoms with Gasteiger partial charge >= 0.3 is 5.97 Å². The Labute approximate surface area is 123 Å². The normalized spacial score (nSPS) is 27.2. The van der Waals surface area contributed by atoms with Crippen LogP contribution in [-0.4, -0.2) is 47.2 Å². The van der Waals surface area contributed by atoms with Crippen LogP contribution >= 0.6 is 0 Å². The molecule has 1 aliphatic carbocycles. The molecular formula is C16H32N2O2. The summed E-state index contributed by atoms with van der Waals surface area (Å²) in [6, 6.07) is 0.596. The first kappa shape index (κ1) is 17.4. The topological polar surface area (TPSA) is 52.6 Å². The van der Waals surface area contributed by atoms with Crippen LogP contribution in [0.3, 0.4) is 0 Å². The number of carboxylic acid groups (broad SMARTS) is 1. The molecule has 0 saturated heterocycles. The fourth-order valence-electron chi connectivity index (χ4n) is 3.36. The maximum absolute atomic E-state index is 11.8. The number of nitrogens with zero attached hydrogens (tertiary/aromatic N) is 1. The molecule has 2 N–H and O–H groups in total. The molecule has 1 fully saturated rings. The van der Waals surface area contributed by atoms with Gasteiger partial charge < -0.3 is 10.0 Å². The summed E-state index contributed by atoms with van der Waals surface area (Å²) < 4.78 is 0. The summed E-state index contributed by atoms with van der Waals surface area (Å²) in [5, 5.41) is 13.0. The van der Waals surface area contributed by atoms with E-state index in [2.05, 4.69) is 24.2 Å². The molecule has 4 heteroatoms. The van der Waals surface area contributed by atoms with Crippen LogP contribution in [0.5, 0.6) is 0 Å². The van der Waals surface area contributed by atoms with Crippen molar-refractivity contribution in [3.8, 4) is 0 Å². The Bertz CT molecular complexity index is 307. The highest BCUT2D eigenvalue weighted by Gasteiger charge is 2.43. The van der Waals surface area contributed by atoms with E-state index < -0.39 is 11.5 Å². The molecule has 0 amide bonds. The molecule has 2 atom stereocenters. The molecule has 1 aliphatic rings. The first-order valence-electron chi connectivity index (χ1n) is 8.12. The van der Waals surface area contributed by atoms with E-state index in [1.807, 2.05) is 13.8 Å². The van der Waals surface area contributed by atoms with Gasteiger partial charge in [-0.3, -0.25) is 10.1 Å². The number of hydrogen-bond acceptors (Lipinski definition) is 3. The minimum absolute atomic E-state index is 0.204. The lowest BCUT2D eigenvalue weighted by Gasteiger charge is -2.42. The molecule has 0 radical (unpaired) electrons. The largest absolute Gasteiger partial charge is 0.480 e. The fourth-order valence-corrected chi connectivity index (χ4v) is 3.36. The third-order valence-electron chi connectivity index (χ3n) is 4.44. The number of unbranched alkanes of at least 4 members (excludes halogenated alkanes) is 2. The van der Waals surface area contributed by atoms with E-state index in [1.165, 1.54) is 19.3 Å². The minimum atomic E-state index is -0.726. The van der Waals surface area contributed by atoms with Crippen molar-refractivity contribution in [3.63, 3.8) is 0 Å². The third-order valence-corrected chi connectivity index (χ3v) is 4.44. The smallest absolute Gasteiger partial charge is 0.323 e. The van der Waals surface area contributed by atoms with E-state index in [4.69, 9.17) is 0 Å². The molecule has 0 spiro atoms. The Balaban J connectivity index is 2.64. The van der Waals surface area contributed by atoms with Crippen molar-refractivity contribution in [2.75, 3.05) is 13.6 Å². The van der Waals surface area contributed by atoms with Crippen LogP contribution in [0.25, 0.3) is 0 Å². The Morgan fingerprint density at radius 1 is 1.45 bits per heavy atom. The second-order valence-corrected chi connectivity index (χ2v) is 6.62. The molecule has 2 unspecified atom stereocenters. The molecule has 0 bridgehead atoms. The van der Waals surface area contributed by atoms with E-state index in [-0.39, 0.29) is 6.04 Å². The predicted octanol–water partition coefficient (Wildman–Crippen LogP) is 2.87. The summed E-state index contributed by atoms with van der Waals surface area (Å²) in [5.41, 5.74) is -0.726. The minimum Gasteiger partial charge on any atom is -0.480 e. The standard InChI is InChI=1S/C16H32N2O2/c1-5-6-7-11-18(4)14-9-8-10-16(12-14,15(19)20)17-13(2)3/h13-14,17H,5-12H2,1-4H3,(H,19,20). The average Bonchev–Trinajstić information content (AvgIpc) is 2.38. The lowest BCUT2D eigenvalue weighted by molar-refractivity contribution is -0.147. The summed E-state index contributed by atoms with van der Waals surface area (Å²) >= 11 is 0. The lowest BCUT2D eigenvalue weighted by atomic mass is 9.78. The van der Waals surface area contributed by atoms with Gasteiger partial charge in [0, 0.05) is 12.1 Å². The quantitative estimate of drug-likeness (QED) is 0.673. The first-order valence-corrected chi connectivity index (χ1v) is 8.12. The van der Waals surface area contributed by atoms with Gasteiger partial charge in [-0.2, -0.15) is 0 Å². The Morgan fingerprint density at radius 3 is 2.70 bits per heavy atom. The van der Waals surface area contributed by atoms with E-state index in [0.29, 0.717) is 6.04 Å². The summed E-state index contributed by atoms with van der Waals surface area (Å²) in [4.78, 5) is 14.1. The summed E-state index contributed by atoms with van der Waals surface area (Å²) in [7, 11) is 2.15. The molecule has 0 heterocycles. The van der Waals surface area contributed by atoms with Crippen LogP contribution in [0.4, 0.5) is 0 Å². The van der Waals surface area contributed by atoms with Crippen LogP contribution in [0, 0.1) is 0 Å². The van der Waals surface area contributed by atoms with Crippen LogP contribution in [-0.2, 0) is 4.79 Å². The van der Waals surface area contributed by atoms with Gasteiger partial charge in [-0.15, -0.1) is 0 Å². The lowest BCUT2D eigenvalue weighted by Crippen LogP contribution is -2.59. The first-order chi connectivity index (χ1) is 9.41. The SMILES string of the molecule is CCCCCN(C)C1CCCC(NC(C)C)(C(=O)O)C1. The van der Waals surface area contributed by atoms with Crippen LogP contribution in [0.1, 0.15) is 65.7 Å². The maximum atomic E-state index is 11.8. The molecule has 4 nitrogen and oxygen atoms in total. The van der Waals surface area contributed by atoms with Crippen molar-refractivity contribution in [1.29, 1.82) is 0 Å². The van der Waals surface area contributed by atoms with Gasteiger partial charge in [0.05, 0.1) is 0 Å². The van der Waals surface area contributed by atoms with E-state index >= 15 is 0 Å². The van der Waals surface area contributed by atoms with Gasteiger partial charge in [-0.05, 0) is 59.5 Å². The molecule has 1 saturated carbocycles. The molecule has 118 valence electrons. The number of aliphatic carboxylic acids is 1. The Hall–Kier alpha value is -0.610. The predicted molar refractivity (Wildman–Crippen MR) is 83.0 cm³/mol. The molecule has 20 heavy (non-hydrogen) atoms. The van der Waals surface area contributed by atoms with Crippen LogP contribution in [0.15, 0.2) is 0 Å². The number of carbonyl (C=O) groups is 1.